The first-order valence-electron chi connectivity index (χ1n) is 11.7. The quantitative estimate of drug-likeness (QED) is 0.377. The highest BCUT2D eigenvalue weighted by Gasteiger charge is 2.31. The second-order valence-electron chi connectivity index (χ2n) is 9.42. The predicted molar refractivity (Wildman–Crippen MR) is 143 cm³/mol. The number of rotatable bonds is 9. The molecule has 0 bridgehead atoms. The van der Waals surface area contributed by atoms with E-state index in [2.05, 4.69) is 21.2 Å². The number of halogens is 1. The topological polar surface area (TPSA) is 67.9 Å². The van der Waals surface area contributed by atoms with Crippen molar-refractivity contribution in [1.29, 1.82) is 0 Å². The van der Waals surface area contributed by atoms with E-state index in [1.54, 1.807) is 12.0 Å². The second-order valence-corrected chi connectivity index (χ2v) is 10.2. The second kappa shape index (κ2) is 11.6. The molecule has 7 heteroatoms. The van der Waals surface area contributed by atoms with Crippen LogP contribution in [0.2, 0.25) is 0 Å². The van der Waals surface area contributed by atoms with Gasteiger partial charge in [-0.2, -0.15) is 0 Å². The highest BCUT2D eigenvalue weighted by atomic mass is 79.9. The van der Waals surface area contributed by atoms with Crippen molar-refractivity contribution in [2.75, 3.05) is 13.7 Å². The summed E-state index contributed by atoms with van der Waals surface area (Å²) in [6.07, 6.45) is 0.476. The summed E-state index contributed by atoms with van der Waals surface area (Å²) < 4.78 is 12.0. The van der Waals surface area contributed by atoms with E-state index in [4.69, 9.17) is 9.47 Å². The van der Waals surface area contributed by atoms with Crippen molar-refractivity contribution in [3.63, 3.8) is 0 Å². The van der Waals surface area contributed by atoms with Crippen molar-refractivity contribution >= 4 is 38.5 Å². The number of nitrogens with one attached hydrogen (secondary N) is 1. The minimum Gasteiger partial charge on any atom is -0.497 e. The van der Waals surface area contributed by atoms with Gasteiger partial charge in [0.15, 0.2) is 6.61 Å². The highest BCUT2D eigenvalue weighted by Crippen LogP contribution is 2.33. The van der Waals surface area contributed by atoms with Crippen LogP contribution in [-0.4, -0.2) is 42.0 Å². The monoisotopic (exact) mass is 540 g/mol. The van der Waals surface area contributed by atoms with Crippen LogP contribution in [0.5, 0.6) is 11.5 Å². The van der Waals surface area contributed by atoms with Crippen molar-refractivity contribution in [1.82, 2.24) is 10.2 Å². The van der Waals surface area contributed by atoms with Crippen molar-refractivity contribution < 1.29 is 19.1 Å². The first kappa shape index (κ1) is 26.5. The van der Waals surface area contributed by atoms with Gasteiger partial charge in [0.1, 0.15) is 17.5 Å². The molecule has 0 aromatic heterocycles. The number of hydrogen-bond acceptors (Lipinski definition) is 4. The van der Waals surface area contributed by atoms with E-state index in [0.29, 0.717) is 12.2 Å². The van der Waals surface area contributed by atoms with Gasteiger partial charge in [-0.15, -0.1) is 0 Å². The summed E-state index contributed by atoms with van der Waals surface area (Å²) in [5, 5.41) is 5.09. The molecule has 0 aliphatic heterocycles. The minimum absolute atomic E-state index is 0.186. The summed E-state index contributed by atoms with van der Waals surface area (Å²) >= 11 is 3.61. The number of fused-ring (bicyclic) bond motifs is 1. The molecule has 1 unspecified atom stereocenters. The van der Waals surface area contributed by atoms with Crippen LogP contribution < -0.4 is 14.8 Å². The van der Waals surface area contributed by atoms with Crippen LogP contribution in [-0.2, 0) is 16.1 Å². The molecule has 2 amide bonds. The molecule has 0 heterocycles. The summed E-state index contributed by atoms with van der Waals surface area (Å²) in [4.78, 5) is 28.2. The van der Waals surface area contributed by atoms with Crippen molar-refractivity contribution in [2.45, 2.75) is 52.2 Å². The molecule has 35 heavy (non-hydrogen) atoms. The largest absolute Gasteiger partial charge is 0.497 e. The molecule has 0 aliphatic carbocycles. The van der Waals surface area contributed by atoms with E-state index < -0.39 is 11.6 Å². The van der Waals surface area contributed by atoms with Gasteiger partial charge in [-0.3, -0.25) is 9.59 Å². The van der Waals surface area contributed by atoms with E-state index in [1.807, 2.05) is 88.4 Å². The van der Waals surface area contributed by atoms with Gasteiger partial charge in [-0.25, -0.2) is 0 Å². The molecule has 0 saturated heterocycles. The third-order valence-electron chi connectivity index (χ3n) is 5.58. The summed E-state index contributed by atoms with van der Waals surface area (Å²) in [7, 11) is 1.61. The number of ether oxygens (including phenoxy) is 2. The number of nitrogens with zero attached hydrogens (tertiary/aromatic N) is 1. The van der Waals surface area contributed by atoms with Gasteiger partial charge < -0.3 is 19.7 Å². The summed E-state index contributed by atoms with van der Waals surface area (Å²) in [6, 6.07) is 18.6. The Hall–Kier alpha value is -3.06. The van der Waals surface area contributed by atoms with Crippen molar-refractivity contribution in [2.24, 2.45) is 0 Å². The number of amides is 2. The third kappa shape index (κ3) is 6.98. The van der Waals surface area contributed by atoms with Gasteiger partial charge in [-0.05, 0) is 77.7 Å². The lowest BCUT2D eigenvalue weighted by atomic mass is 10.1. The minimum atomic E-state index is -0.632. The third-order valence-corrected chi connectivity index (χ3v) is 6.39. The summed E-state index contributed by atoms with van der Waals surface area (Å²) in [5.41, 5.74) is 0.485. The number of carbonyl (C=O) groups excluding carboxylic acids is 2. The fraction of sp³-hybridized carbons (Fsp3) is 0.357. The summed E-state index contributed by atoms with van der Waals surface area (Å²) in [5.74, 6) is 0.854. The zero-order chi connectivity index (χ0) is 25.6. The van der Waals surface area contributed by atoms with Gasteiger partial charge in [-0.1, -0.05) is 49.4 Å². The van der Waals surface area contributed by atoms with Gasteiger partial charge in [0.2, 0.25) is 5.91 Å². The maximum atomic E-state index is 13.5. The molecule has 1 atom stereocenters. The Kier molecular flexibility index (Phi) is 8.78. The van der Waals surface area contributed by atoms with Crippen LogP contribution in [0.25, 0.3) is 10.8 Å². The molecule has 186 valence electrons. The Labute approximate surface area is 215 Å². The Morgan fingerprint density at radius 1 is 1.03 bits per heavy atom. The van der Waals surface area contributed by atoms with Crippen LogP contribution in [0.1, 0.15) is 39.7 Å². The molecule has 3 aromatic carbocycles. The van der Waals surface area contributed by atoms with Crippen LogP contribution in [0, 0.1) is 0 Å². The maximum Gasteiger partial charge on any atom is 0.261 e. The molecule has 6 nitrogen and oxygen atoms in total. The van der Waals surface area contributed by atoms with Gasteiger partial charge in [0.25, 0.3) is 5.91 Å². The fourth-order valence-corrected chi connectivity index (χ4v) is 4.46. The van der Waals surface area contributed by atoms with E-state index >= 15 is 0 Å². The predicted octanol–water partition coefficient (Wildman–Crippen LogP) is 5.71. The Morgan fingerprint density at radius 3 is 2.34 bits per heavy atom. The van der Waals surface area contributed by atoms with E-state index in [1.165, 1.54) is 0 Å². The first-order chi connectivity index (χ1) is 16.6. The average molecular weight is 541 g/mol. The van der Waals surface area contributed by atoms with Crippen molar-refractivity contribution in [3.05, 3.63) is 70.7 Å². The number of carbonyl (C=O) groups is 2. The highest BCUT2D eigenvalue weighted by molar-refractivity contribution is 9.10. The molecular weight excluding hydrogens is 508 g/mol. The van der Waals surface area contributed by atoms with E-state index in [9.17, 15) is 9.59 Å². The lowest BCUT2D eigenvalue weighted by Crippen LogP contribution is -2.54. The van der Waals surface area contributed by atoms with Crippen molar-refractivity contribution in [3.8, 4) is 11.5 Å². The van der Waals surface area contributed by atoms with E-state index in [0.717, 1.165) is 26.6 Å². The molecule has 0 spiro atoms. The van der Waals surface area contributed by atoms with Gasteiger partial charge in [0, 0.05) is 12.1 Å². The summed E-state index contributed by atoms with van der Waals surface area (Å²) in [6.45, 7) is 7.77. The Morgan fingerprint density at radius 2 is 1.71 bits per heavy atom. The lowest BCUT2D eigenvalue weighted by molar-refractivity contribution is -0.143. The smallest absolute Gasteiger partial charge is 0.261 e. The normalized spacial score (nSPS) is 12.2. The SMILES string of the molecule is CCC(C(=O)NC(C)(C)C)N(Cc1ccc(OC)cc1)C(=O)COc1ccc2ccccc2c1Br. The fourth-order valence-electron chi connectivity index (χ4n) is 3.85. The number of methoxy groups -OCH3 is 1. The molecule has 0 aliphatic rings. The molecular formula is C28H33BrN2O4. The zero-order valence-electron chi connectivity index (χ0n) is 20.9. The molecule has 3 aromatic rings. The molecule has 0 fully saturated rings. The maximum absolute atomic E-state index is 13.5. The zero-order valence-corrected chi connectivity index (χ0v) is 22.5. The average Bonchev–Trinajstić information content (AvgIpc) is 2.82. The molecule has 0 saturated carbocycles. The Balaban J connectivity index is 1.84. The number of benzene rings is 3. The molecule has 0 radical (unpaired) electrons. The molecule has 1 N–H and O–H groups in total. The van der Waals surface area contributed by atoms with Crippen LogP contribution in [0.3, 0.4) is 0 Å². The lowest BCUT2D eigenvalue weighted by Gasteiger charge is -2.33. The van der Waals surface area contributed by atoms with Gasteiger partial charge >= 0.3 is 0 Å². The van der Waals surface area contributed by atoms with Gasteiger partial charge in [0.05, 0.1) is 11.6 Å². The number of hydrogen-bond donors (Lipinski definition) is 1. The van der Waals surface area contributed by atoms with Crippen LogP contribution >= 0.6 is 15.9 Å². The van der Waals surface area contributed by atoms with Crippen LogP contribution in [0.4, 0.5) is 0 Å². The Bertz CT molecular complexity index is 1170. The molecule has 3 rings (SSSR count). The van der Waals surface area contributed by atoms with E-state index in [-0.39, 0.29) is 25.0 Å². The van der Waals surface area contributed by atoms with Crippen LogP contribution in [0.15, 0.2) is 65.1 Å². The standard InChI is InChI=1S/C28H33BrN2O4/c1-6-23(27(33)30-28(2,3)4)31(17-19-11-14-21(34-5)15-12-19)25(32)18-35-24-16-13-20-9-7-8-10-22(20)26(24)29/h7-16,23H,6,17-18H2,1-5H3,(H,30,33). The first-order valence-corrected chi connectivity index (χ1v) is 12.5.